The van der Waals surface area contributed by atoms with Gasteiger partial charge >= 0.3 is 0 Å². The minimum atomic E-state index is -1.18. The van der Waals surface area contributed by atoms with Gasteiger partial charge in [0.15, 0.2) is 0 Å². The molecule has 0 saturated carbocycles. The first-order valence-corrected chi connectivity index (χ1v) is 22.0. The van der Waals surface area contributed by atoms with E-state index in [1.165, 1.54) is 0 Å². The highest BCUT2D eigenvalue weighted by molar-refractivity contribution is 5.84. The molecule has 0 aliphatic carbocycles. The third-order valence-electron chi connectivity index (χ3n) is 9.20. The van der Waals surface area contributed by atoms with E-state index in [9.17, 15) is 24.0 Å². The molecule has 0 bridgehead atoms. The van der Waals surface area contributed by atoms with Crippen LogP contribution < -0.4 is 26.6 Å². The zero-order valence-corrected chi connectivity index (χ0v) is 39.0. The van der Waals surface area contributed by atoms with Gasteiger partial charge in [-0.15, -0.1) is 0 Å². The summed E-state index contributed by atoms with van der Waals surface area (Å²) in [6, 6.07) is 0. The van der Waals surface area contributed by atoms with Crippen molar-refractivity contribution in [3.63, 3.8) is 0 Å². The van der Waals surface area contributed by atoms with Gasteiger partial charge in [0.25, 0.3) is 0 Å². The molecule has 0 aromatic carbocycles. The fraction of sp³-hybridized carbons (Fsp3) is 0.889. The van der Waals surface area contributed by atoms with Crippen LogP contribution >= 0.6 is 0 Å². The number of ketones is 2. The van der Waals surface area contributed by atoms with Crippen LogP contribution in [0.4, 0.5) is 0 Å². The summed E-state index contributed by atoms with van der Waals surface area (Å²) in [5, 5.41) is 15.7. The minimum Gasteiger partial charge on any atom is -0.378 e. The quantitative estimate of drug-likeness (QED) is 0.0480. The van der Waals surface area contributed by atoms with Gasteiger partial charge in [0.05, 0.1) is 39.6 Å². The molecule has 0 aliphatic heterocycles. The third kappa shape index (κ3) is 34.4. The molecule has 0 spiro atoms. The maximum atomic E-state index is 13.4. The molecule has 0 atom stereocenters. The Kier molecular flexibility index (Phi) is 27.7. The molecule has 0 saturated heterocycles. The smallest absolute Gasteiger partial charge is 0.222 e. The lowest BCUT2D eigenvalue weighted by atomic mass is 9.88. The Balaban J connectivity index is 5.59. The fourth-order valence-corrected chi connectivity index (χ4v) is 5.71. The molecule has 13 heteroatoms. The molecule has 340 valence electrons. The SMILES string of the molecule is CC(C)(C)CCCCCC(=O)CCOCC(COCCC(=O)NCCCNC(C)(C)C)(COCCC(=O)NCCCNC(C)(C)C)NC(=O)CCCC(=O)C(C)(C)C. The van der Waals surface area contributed by atoms with E-state index < -0.39 is 11.0 Å². The zero-order valence-electron chi connectivity index (χ0n) is 39.0. The molecular weight excluding hydrogens is 739 g/mol. The Labute approximate surface area is 353 Å². The number of rotatable bonds is 33. The van der Waals surface area contributed by atoms with E-state index in [-0.39, 0.29) is 118 Å². The first-order valence-electron chi connectivity index (χ1n) is 22.0. The largest absolute Gasteiger partial charge is 0.378 e. The number of Topliss-reactive ketones (excluding diaryl/α,β-unsaturated/α-hetero) is 2. The van der Waals surface area contributed by atoms with E-state index in [1.54, 1.807) is 0 Å². The predicted molar refractivity (Wildman–Crippen MR) is 234 cm³/mol. The standard InChI is InChI=1S/C45H87N5O8/c1-41(2,3)25-15-13-14-19-36(51)22-30-56-33-45(50-40(55)21-16-20-37(52)42(4,5)6,34-57-31-23-38(53)46-26-17-28-48-43(7,8)9)35-58-32-24-39(54)47-27-18-29-49-44(10,11)12/h48-49H,13-35H2,1-12H3,(H,46,53)(H,47,54)(H,50,55). The van der Waals surface area contributed by atoms with E-state index in [4.69, 9.17) is 14.2 Å². The summed E-state index contributed by atoms with van der Waals surface area (Å²) in [6.45, 7) is 27.8. The van der Waals surface area contributed by atoms with Crippen molar-refractivity contribution in [3.05, 3.63) is 0 Å². The molecule has 5 N–H and O–H groups in total. The van der Waals surface area contributed by atoms with Gasteiger partial charge in [-0.3, -0.25) is 24.0 Å². The second-order valence-electron chi connectivity index (χ2n) is 20.2. The summed E-state index contributed by atoms with van der Waals surface area (Å²) in [6.07, 6.45) is 7.41. The highest BCUT2D eigenvalue weighted by atomic mass is 16.5. The second-order valence-corrected chi connectivity index (χ2v) is 20.2. The van der Waals surface area contributed by atoms with Crippen molar-refractivity contribution in [2.45, 2.75) is 183 Å². The van der Waals surface area contributed by atoms with Gasteiger partial charge < -0.3 is 40.8 Å². The number of carbonyl (C=O) groups excluding carboxylic acids is 5. The number of ether oxygens (including phenoxy) is 3. The van der Waals surface area contributed by atoms with Crippen LogP contribution in [0.3, 0.4) is 0 Å². The van der Waals surface area contributed by atoms with Gasteiger partial charge in [-0.2, -0.15) is 0 Å². The number of amides is 3. The molecule has 3 amide bonds. The number of nitrogens with one attached hydrogen (secondary N) is 5. The van der Waals surface area contributed by atoms with Crippen LogP contribution in [0.5, 0.6) is 0 Å². The second kappa shape index (κ2) is 28.9. The summed E-state index contributed by atoms with van der Waals surface area (Å²) >= 11 is 0. The van der Waals surface area contributed by atoms with Crippen LogP contribution in [0.2, 0.25) is 0 Å². The van der Waals surface area contributed by atoms with Crippen LogP contribution in [0, 0.1) is 10.8 Å². The summed E-state index contributed by atoms with van der Waals surface area (Å²) in [4.78, 5) is 63.8. The number of hydrogen-bond donors (Lipinski definition) is 5. The summed E-state index contributed by atoms with van der Waals surface area (Å²) in [5.41, 5.74) is -1.37. The van der Waals surface area contributed by atoms with Gasteiger partial charge in [-0.1, -0.05) is 54.4 Å². The molecule has 0 aromatic rings. The maximum absolute atomic E-state index is 13.4. The fourth-order valence-electron chi connectivity index (χ4n) is 5.71. The Morgan fingerprint density at radius 1 is 0.448 bits per heavy atom. The van der Waals surface area contributed by atoms with Gasteiger partial charge in [0.1, 0.15) is 17.1 Å². The van der Waals surface area contributed by atoms with E-state index in [1.807, 2.05) is 20.8 Å². The van der Waals surface area contributed by atoms with E-state index in [2.05, 4.69) is 88.9 Å². The van der Waals surface area contributed by atoms with Gasteiger partial charge in [-0.05, 0) is 92.2 Å². The van der Waals surface area contributed by atoms with Crippen LogP contribution in [-0.4, -0.2) is 112 Å². The minimum absolute atomic E-state index is 0.00832. The molecule has 0 unspecified atom stereocenters. The average Bonchev–Trinajstić information content (AvgIpc) is 3.08. The third-order valence-corrected chi connectivity index (χ3v) is 9.20. The topological polar surface area (TPSA) is 173 Å². The Morgan fingerprint density at radius 2 is 0.914 bits per heavy atom. The molecule has 0 radical (unpaired) electrons. The van der Waals surface area contributed by atoms with Gasteiger partial charge in [0.2, 0.25) is 17.7 Å². The normalized spacial score (nSPS) is 12.7. The highest BCUT2D eigenvalue weighted by Gasteiger charge is 2.34. The van der Waals surface area contributed by atoms with Crippen molar-refractivity contribution in [2.24, 2.45) is 10.8 Å². The van der Waals surface area contributed by atoms with Gasteiger partial charge in [-0.25, -0.2) is 0 Å². The van der Waals surface area contributed by atoms with E-state index >= 15 is 0 Å². The number of unbranched alkanes of at least 4 members (excludes halogenated alkanes) is 2. The molecule has 13 nitrogen and oxygen atoms in total. The van der Waals surface area contributed by atoms with Crippen molar-refractivity contribution >= 4 is 29.3 Å². The Morgan fingerprint density at radius 3 is 1.34 bits per heavy atom. The van der Waals surface area contributed by atoms with Gasteiger partial charge in [0, 0.05) is 68.1 Å². The van der Waals surface area contributed by atoms with E-state index in [0.717, 1.165) is 51.6 Å². The average molecular weight is 826 g/mol. The molecule has 0 aliphatic rings. The lowest BCUT2D eigenvalue weighted by molar-refractivity contribution is -0.131. The predicted octanol–water partition coefficient (Wildman–Crippen LogP) is 6.20. The lowest BCUT2D eigenvalue weighted by Crippen LogP contribution is -2.58. The summed E-state index contributed by atoms with van der Waals surface area (Å²) in [5.74, 6) is -0.376. The lowest BCUT2D eigenvalue weighted by Gasteiger charge is -2.34. The molecule has 0 rings (SSSR count). The van der Waals surface area contributed by atoms with Crippen molar-refractivity contribution in [3.8, 4) is 0 Å². The van der Waals surface area contributed by atoms with E-state index in [0.29, 0.717) is 25.9 Å². The Bertz CT molecular complexity index is 1070. The maximum Gasteiger partial charge on any atom is 0.222 e. The molecule has 0 fully saturated rings. The highest BCUT2D eigenvalue weighted by Crippen LogP contribution is 2.22. The monoisotopic (exact) mass is 826 g/mol. The van der Waals surface area contributed by atoms with Crippen LogP contribution in [-0.2, 0) is 38.2 Å². The molecule has 58 heavy (non-hydrogen) atoms. The zero-order chi connectivity index (χ0) is 44.3. The number of hydrogen-bond acceptors (Lipinski definition) is 10. The first kappa shape index (κ1) is 55.5. The van der Waals surface area contributed by atoms with Crippen molar-refractivity contribution < 1.29 is 38.2 Å². The molecule has 0 heterocycles. The summed E-state index contributed by atoms with van der Waals surface area (Å²) in [7, 11) is 0. The first-order chi connectivity index (χ1) is 26.8. The van der Waals surface area contributed by atoms with Crippen molar-refractivity contribution in [1.29, 1.82) is 0 Å². The Hall–Kier alpha value is -2.45. The van der Waals surface area contributed by atoms with Crippen LogP contribution in [0.25, 0.3) is 0 Å². The summed E-state index contributed by atoms with van der Waals surface area (Å²) < 4.78 is 18.1. The van der Waals surface area contributed by atoms with Crippen molar-refractivity contribution in [2.75, 3.05) is 65.8 Å². The van der Waals surface area contributed by atoms with Crippen molar-refractivity contribution in [1.82, 2.24) is 26.6 Å². The van der Waals surface area contributed by atoms with Crippen LogP contribution in [0.15, 0.2) is 0 Å². The van der Waals surface area contributed by atoms with Crippen LogP contribution in [0.1, 0.15) is 167 Å². The number of carbonyl (C=O) groups is 5. The molecule has 0 aromatic heterocycles. The molecular formula is C45H87N5O8.